The van der Waals surface area contributed by atoms with Gasteiger partial charge in [-0.05, 0) is 25.0 Å². The second-order valence-electron chi connectivity index (χ2n) is 4.26. The van der Waals surface area contributed by atoms with E-state index < -0.39 is 11.0 Å². The Bertz CT molecular complexity index is 505. The SMILES string of the molecule is CCC[C@H](N)C(=O)Nc1cc(Cl)c([N+](=O)[O-])cc1C. The van der Waals surface area contributed by atoms with Crippen LogP contribution in [0.1, 0.15) is 25.3 Å². The summed E-state index contributed by atoms with van der Waals surface area (Å²) in [5.41, 5.74) is 6.50. The Morgan fingerprint density at radius 3 is 2.74 bits per heavy atom. The van der Waals surface area contributed by atoms with Crippen molar-refractivity contribution in [3.8, 4) is 0 Å². The van der Waals surface area contributed by atoms with E-state index in [1.165, 1.54) is 12.1 Å². The number of carbonyl (C=O) groups is 1. The van der Waals surface area contributed by atoms with Crippen molar-refractivity contribution >= 4 is 28.9 Å². The smallest absolute Gasteiger partial charge is 0.288 e. The lowest BCUT2D eigenvalue weighted by molar-refractivity contribution is -0.384. The van der Waals surface area contributed by atoms with Gasteiger partial charge >= 0.3 is 0 Å². The van der Waals surface area contributed by atoms with Gasteiger partial charge in [-0.3, -0.25) is 14.9 Å². The van der Waals surface area contributed by atoms with E-state index in [0.717, 1.165) is 6.42 Å². The minimum atomic E-state index is -0.599. The number of nitro groups is 1. The molecule has 0 radical (unpaired) electrons. The molecule has 0 saturated heterocycles. The third kappa shape index (κ3) is 3.90. The topological polar surface area (TPSA) is 98.3 Å². The Labute approximate surface area is 116 Å². The van der Waals surface area contributed by atoms with Crippen LogP contribution in [0.5, 0.6) is 0 Å². The number of anilines is 1. The van der Waals surface area contributed by atoms with E-state index in [-0.39, 0.29) is 16.6 Å². The molecule has 1 aromatic rings. The summed E-state index contributed by atoms with van der Waals surface area (Å²) in [4.78, 5) is 21.9. The molecule has 1 aromatic carbocycles. The second kappa shape index (κ2) is 6.49. The molecule has 0 unspecified atom stereocenters. The Morgan fingerprint density at radius 2 is 2.21 bits per heavy atom. The van der Waals surface area contributed by atoms with Gasteiger partial charge in [0.05, 0.1) is 11.0 Å². The van der Waals surface area contributed by atoms with E-state index in [4.69, 9.17) is 17.3 Å². The molecule has 104 valence electrons. The number of nitrogens with one attached hydrogen (secondary N) is 1. The highest BCUT2D eigenvalue weighted by molar-refractivity contribution is 6.33. The molecule has 0 saturated carbocycles. The number of aryl methyl sites for hydroxylation is 1. The predicted octanol–water partition coefficient (Wildman–Crippen LogP) is 2.62. The summed E-state index contributed by atoms with van der Waals surface area (Å²) in [6, 6.07) is 2.09. The number of benzene rings is 1. The summed E-state index contributed by atoms with van der Waals surface area (Å²) in [5, 5.41) is 13.3. The molecule has 19 heavy (non-hydrogen) atoms. The summed E-state index contributed by atoms with van der Waals surface area (Å²) < 4.78 is 0. The average molecular weight is 286 g/mol. The molecule has 0 aliphatic carbocycles. The monoisotopic (exact) mass is 285 g/mol. The van der Waals surface area contributed by atoms with Crippen LogP contribution in [0, 0.1) is 17.0 Å². The van der Waals surface area contributed by atoms with Crippen molar-refractivity contribution < 1.29 is 9.72 Å². The fourth-order valence-electron chi connectivity index (χ4n) is 1.61. The summed E-state index contributed by atoms with van der Waals surface area (Å²) in [5.74, 6) is -0.324. The van der Waals surface area contributed by atoms with Crippen LogP contribution < -0.4 is 11.1 Å². The average Bonchev–Trinajstić information content (AvgIpc) is 2.33. The summed E-state index contributed by atoms with van der Waals surface area (Å²) in [6.07, 6.45) is 1.38. The molecule has 0 bridgehead atoms. The maximum absolute atomic E-state index is 11.8. The molecular weight excluding hydrogens is 270 g/mol. The Kier molecular flexibility index (Phi) is 5.26. The molecule has 1 amide bonds. The fourth-order valence-corrected chi connectivity index (χ4v) is 1.84. The summed E-state index contributed by atoms with van der Waals surface area (Å²) in [7, 11) is 0. The number of hydrogen-bond acceptors (Lipinski definition) is 4. The van der Waals surface area contributed by atoms with Gasteiger partial charge in [-0.15, -0.1) is 0 Å². The number of carbonyl (C=O) groups excluding carboxylic acids is 1. The first-order valence-corrected chi connectivity index (χ1v) is 6.25. The molecule has 1 rings (SSSR count). The van der Waals surface area contributed by atoms with Gasteiger partial charge in [0.25, 0.3) is 5.69 Å². The number of nitro benzene ring substituents is 1. The maximum atomic E-state index is 11.8. The van der Waals surface area contributed by atoms with Crippen LogP contribution in [-0.2, 0) is 4.79 Å². The van der Waals surface area contributed by atoms with E-state index in [9.17, 15) is 14.9 Å². The van der Waals surface area contributed by atoms with E-state index in [2.05, 4.69) is 5.32 Å². The molecule has 0 heterocycles. The molecule has 0 aliphatic rings. The lowest BCUT2D eigenvalue weighted by Crippen LogP contribution is -2.35. The van der Waals surface area contributed by atoms with Crippen molar-refractivity contribution in [1.29, 1.82) is 0 Å². The Balaban J connectivity index is 2.94. The van der Waals surface area contributed by atoms with Gasteiger partial charge in [0, 0.05) is 11.8 Å². The lowest BCUT2D eigenvalue weighted by atomic mass is 10.1. The molecule has 0 spiro atoms. The molecule has 6 nitrogen and oxygen atoms in total. The van der Waals surface area contributed by atoms with Crippen LogP contribution in [0.3, 0.4) is 0 Å². The van der Waals surface area contributed by atoms with Crippen molar-refractivity contribution in [2.45, 2.75) is 32.7 Å². The first-order chi connectivity index (χ1) is 8.86. The zero-order valence-electron chi connectivity index (χ0n) is 10.8. The molecule has 0 aromatic heterocycles. The first-order valence-electron chi connectivity index (χ1n) is 5.87. The van der Waals surface area contributed by atoms with E-state index in [1.807, 2.05) is 6.92 Å². The quantitative estimate of drug-likeness (QED) is 0.642. The van der Waals surface area contributed by atoms with Gasteiger partial charge in [-0.25, -0.2) is 0 Å². The van der Waals surface area contributed by atoms with Gasteiger partial charge in [-0.1, -0.05) is 24.9 Å². The highest BCUT2D eigenvalue weighted by Crippen LogP contribution is 2.30. The number of halogens is 1. The van der Waals surface area contributed by atoms with Gasteiger partial charge in [0.1, 0.15) is 5.02 Å². The van der Waals surface area contributed by atoms with Crippen LogP contribution >= 0.6 is 11.6 Å². The molecule has 7 heteroatoms. The molecule has 3 N–H and O–H groups in total. The molecule has 0 fully saturated rings. The van der Waals surface area contributed by atoms with Crippen molar-refractivity contribution in [1.82, 2.24) is 0 Å². The number of rotatable bonds is 5. The summed E-state index contributed by atoms with van der Waals surface area (Å²) in [6.45, 7) is 3.59. The minimum Gasteiger partial charge on any atom is -0.324 e. The maximum Gasteiger partial charge on any atom is 0.288 e. The van der Waals surface area contributed by atoms with Crippen LogP contribution in [0.2, 0.25) is 5.02 Å². The lowest BCUT2D eigenvalue weighted by Gasteiger charge is -2.13. The number of nitrogens with two attached hydrogens (primary N) is 1. The molecule has 0 aliphatic heterocycles. The van der Waals surface area contributed by atoms with Gasteiger partial charge in [-0.2, -0.15) is 0 Å². The second-order valence-corrected chi connectivity index (χ2v) is 4.67. The van der Waals surface area contributed by atoms with Crippen molar-refractivity contribution in [2.24, 2.45) is 5.73 Å². The third-order valence-electron chi connectivity index (χ3n) is 2.68. The van der Waals surface area contributed by atoms with Crippen molar-refractivity contribution in [3.05, 3.63) is 32.8 Å². The Hall–Kier alpha value is -1.66. The van der Waals surface area contributed by atoms with Gasteiger partial charge < -0.3 is 11.1 Å². The standard InChI is InChI=1S/C12H16ClN3O3/c1-3-4-9(14)12(17)15-10-6-8(13)11(16(18)19)5-7(10)2/h5-6,9H,3-4,14H2,1-2H3,(H,15,17)/t9-/m0/s1. The van der Waals surface area contributed by atoms with E-state index >= 15 is 0 Å². The zero-order chi connectivity index (χ0) is 14.6. The highest BCUT2D eigenvalue weighted by atomic mass is 35.5. The first kappa shape index (κ1) is 15.4. The van der Waals surface area contributed by atoms with Crippen LogP contribution in [0.25, 0.3) is 0 Å². The van der Waals surface area contributed by atoms with Crippen LogP contribution in [0.15, 0.2) is 12.1 Å². The molecule has 1 atom stereocenters. The zero-order valence-corrected chi connectivity index (χ0v) is 11.5. The van der Waals surface area contributed by atoms with Crippen molar-refractivity contribution in [3.63, 3.8) is 0 Å². The highest BCUT2D eigenvalue weighted by Gasteiger charge is 2.18. The minimum absolute atomic E-state index is 0.0186. The van der Waals surface area contributed by atoms with Crippen molar-refractivity contribution in [2.75, 3.05) is 5.32 Å². The van der Waals surface area contributed by atoms with Gasteiger partial charge in [0.2, 0.25) is 5.91 Å². The summed E-state index contributed by atoms with van der Waals surface area (Å²) >= 11 is 5.80. The van der Waals surface area contributed by atoms with Crippen LogP contribution in [-0.4, -0.2) is 16.9 Å². The van der Waals surface area contributed by atoms with Gasteiger partial charge in [0.15, 0.2) is 0 Å². The number of nitrogens with zero attached hydrogens (tertiary/aromatic N) is 1. The normalized spacial score (nSPS) is 12.0. The van der Waals surface area contributed by atoms with E-state index in [0.29, 0.717) is 17.7 Å². The van der Waals surface area contributed by atoms with Crippen LogP contribution in [0.4, 0.5) is 11.4 Å². The predicted molar refractivity (Wildman–Crippen MR) is 74.4 cm³/mol. The third-order valence-corrected chi connectivity index (χ3v) is 2.99. The van der Waals surface area contributed by atoms with E-state index in [1.54, 1.807) is 6.92 Å². The Morgan fingerprint density at radius 1 is 1.58 bits per heavy atom. The fraction of sp³-hybridized carbons (Fsp3) is 0.417. The number of hydrogen-bond donors (Lipinski definition) is 2. The number of amides is 1. The largest absolute Gasteiger partial charge is 0.324 e. The molecular formula is C12H16ClN3O3.